The van der Waals surface area contributed by atoms with Crippen LogP contribution >= 0.6 is 0 Å². The third-order valence-corrected chi connectivity index (χ3v) is 2.90. The minimum Gasteiger partial charge on any atom is -0.467 e. The standard InChI is InChI=1S/C16H17F2N5O2/c1-10-19-13(23-15(20-10)25-3)22-14(24)21-12-7-5-4-6-11(12)8-9-16(2,17)18/h4-9H,1-3H3,(H2,19,20,21,22,23,24)/b9-8+. The van der Waals surface area contributed by atoms with Gasteiger partial charge in [0.05, 0.1) is 7.11 Å². The summed E-state index contributed by atoms with van der Waals surface area (Å²) in [5, 5.41) is 5.01. The third-order valence-electron chi connectivity index (χ3n) is 2.90. The number of carbonyl (C=O) groups is 1. The number of nitrogens with one attached hydrogen (secondary N) is 2. The zero-order valence-corrected chi connectivity index (χ0v) is 13.9. The number of amides is 2. The summed E-state index contributed by atoms with van der Waals surface area (Å²) in [6, 6.07) is 5.98. The van der Waals surface area contributed by atoms with Crippen LogP contribution in [0.15, 0.2) is 30.3 Å². The SMILES string of the molecule is COc1nc(C)nc(NC(=O)Nc2ccccc2/C=C/C(C)(F)F)n1. The molecule has 0 saturated carbocycles. The smallest absolute Gasteiger partial charge is 0.326 e. The Kier molecular flexibility index (Phi) is 5.58. The molecule has 7 nitrogen and oxygen atoms in total. The van der Waals surface area contributed by atoms with Gasteiger partial charge in [-0.15, -0.1) is 0 Å². The predicted molar refractivity (Wildman–Crippen MR) is 89.9 cm³/mol. The molecular formula is C16H17F2N5O2. The van der Waals surface area contributed by atoms with E-state index in [4.69, 9.17) is 4.74 Å². The van der Waals surface area contributed by atoms with Crippen LogP contribution in [0.5, 0.6) is 6.01 Å². The lowest BCUT2D eigenvalue weighted by Crippen LogP contribution is -2.22. The van der Waals surface area contributed by atoms with Gasteiger partial charge in [-0.05, 0) is 24.6 Å². The Labute approximate surface area is 143 Å². The lowest BCUT2D eigenvalue weighted by molar-refractivity contribution is 0.0784. The maximum atomic E-state index is 13.0. The van der Waals surface area contributed by atoms with E-state index in [0.717, 1.165) is 13.0 Å². The molecule has 1 heterocycles. The van der Waals surface area contributed by atoms with Gasteiger partial charge >= 0.3 is 12.0 Å². The molecule has 132 valence electrons. The molecule has 2 aromatic rings. The van der Waals surface area contributed by atoms with Crippen LogP contribution in [0.3, 0.4) is 0 Å². The second-order valence-corrected chi connectivity index (χ2v) is 5.15. The number of aryl methyl sites for hydroxylation is 1. The van der Waals surface area contributed by atoms with Crippen LogP contribution in [0, 0.1) is 6.92 Å². The summed E-state index contributed by atoms with van der Waals surface area (Å²) in [5.74, 6) is -2.57. The summed E-state index contributed by atoms with van der Waals surface area (Å²) < 4.78 is 30.9. The van der Waals surface area contributed by atoms with Gasteiger partial charge in [0, 0.05) is 12.6 Å². The summed E-state index contributed by atoms with van der Waals surface area (Å²) >= 11 is 0. The maximum absolute atomic E-state index is 13.0. The fourth-order valence-electron chi connectivity index (χ4n) is 1.85. The van der Waals surface area contributed by atoms with Crippen molar-refractivity contribution in [2.24, 2.45) is 0 Å². The van der Waals surface area contributed by atoms with Crippen molar-refractivity contribution in [1.29, 1.82) is 0 Å². The van der Waals surface area contributed by atoms with E-state index in [1.54, 1.807) is 31.2 Å². The fourth-order valence-corrected chi connectivity index (χ4v) is 1.85. The number of ether oxygens (including phenoxy) is 1. The predicted octanol–water partition coefficient (Wildman–Crippen LogP) is 3.50. The first-order valence-corrected chi connectivity index (χ1v) is 7.27. The Hall–Kier alpha value is -3.10. The molecule has 0 atom stereocenters. The Morgan fingerprint density at radius 3 is 2.60 bits per heavy atom. The van der Waals surface area contributed by atoms with E-state index in [-0.39, 0.29) is 12.0 Å². The molecule has 0 saturated heterocycles. The van der Waals surface area contributed by atoms with Gasteiger partial charge in [-0.25, -0.2) is 13.6 Å². The van der Waals surface area contributed by atoms with Crippen LogP contribution in [0.1, 0.15) is 18.3 Å². The van der Waals surface area contributed by atoms with Crippen molar-refractivity contribution in [2.45, 2.75) is 19.8 Å². The molecule has 0 aliphatic carbocycles. The molecule has 2 amide bonds. The van der Waals surface area contributed by atoms with Crippen LogP contribution in [0.25, 0.3) is 6.08 Å². The lowest BCUT2D eigenvalue weighted by Gasteiger charge is -2.10. The molecular weight excluding hydrogens is 332 g/mol. The minimum atomic E-state index is -2.95. The molecule has 2 N–H and O–H groups in total. The summed E-state index contributed by atoms with van der Waals surface area (Å²) in [5.41, 5.74) is 0.793. The number of hydrogen-bond donors (Lipinski definition) is 2. The molecule has 0 aliphatic heterocycles. The number of aromatic nitrogens is 3. The van der Waals surface area contributed by atoms with E-state index in [1.165, 1.54) is 13.2 Å². The van der Waals surface area contributed by atoms with Gasteiger partial charge in [-0.2, -0.15) is 15.0 Å². The summed E-state index contributed by atoms with van der Waals surface area (Å²) in [7, 11) is 1.39. The van der Waals surface area contributed by atoms with E-state index < -0.39 is 12.0 Å². The summed E-state index contributed by atoms with van der Waals surface area (Å²) in [6.07, 6.45) is 2.00. The number of benzene rings is 1. The highest BCUT2D eigenvalue weighted by molar-refractivity contribution is 6.00. The lowest BCUT2D eigenvalue weighted by atomic mass is 10.1. The molecule has 0 bridgehead atoms. The molecule has 9 heteroatoms. The monoisotopic (exact) mass is 349 g/mol. The summed E-state index contributed by atoms with van der Waals surface area (Å²) in [4.78, 5) is 23.9. The van der Waals surface area contributed by atoms with Crippen LogP contribution in [-0.4, -0.2) is 34.0 Å². The third kappa shape index (κ3) is 5.79. The van der Waals surface area contributed by atoms with Crippen LogP contribution in [-0.2, 0) is 0 Å². The van der Waals surface area contributed by atoms with Crippen molar-refractivity contribution in [3.05, 3.63) is 41.7 Å². The molecule has 25 heavy (non-hydrogen) atoms. The van der Waals surface area contributed by atoms with E-state index >= 15 is 0 Å². The van der Waals surface area contributed by atoms with Crippen LogP contribution in [0.4, 0.5) is 25.2 Å². The number of hydrogen-bond acceptors (Lipinski definition) is 5. The topological polar surface area (TPSA) is 89.0 Å². The van der Waals surface area contributed by atoms with Crippen LogP contribution < -0.4 is 15.4 Å². The normalized spacial score (nSPS) is 11.4. The zero-order valence-electron chi connectivity index (χ0n) is 13.9. The van der Waals surface area contributed by atoms with Crippen molar-refractivity contribution in [3.63, 3.8) is 0 Å². The number of alkyl halides is 2. The van der Waals surface area contributed by atoms with Crippen molar-refractivity contribution in [2.75, 3.05) is 17.7 Å². The number of carbonyl (C=O) groups excluding carboxylic acids is 1. The second kappa shape index (κ2) is 7.65. The zero-order chi connectivity index (χ0) is 18.4. The molecule has 1 aromatic heterocycles. The van der Waals surface area contributed by atoms with E-state index in [0.29, 0.717) is 17.1 Å². The molecule has 2 rings (SSSR count). The highest BCUT2D eigenvalue weighted by Crippen LogP contribution is 2.21. The van der Waals surface area contributed by atoms with Crippen molar-refractivity contribution in [3.8, 4) is 6.01 Å². The van der Waals surface area contributed by atoms with Gasteiger partial charge in [0.15, 0.2) is 0 Å². The van der Waals surface area contributed by atoms with E-state index in [1.807, 2.05) is 0 Å². The number of nitrogens with zero attached hydrogens (tertiary/aromatic N) is 3. The minimum absolute atomic E-state index is 0.00923. The van der Waals surface area contributed by atoms with Crippen LogP contribution in [0.2, 0.25) is 0 Å². The Morgan fingerprint density at radius 1 is 1.20 bits per heavy atom. The van der Waals surface area contributed by atoms with Crippen molar-refractivity contribution < 1.29 is 18.3 Å². The fraction of sp³-hybridized carbons (Fsp3) is 0.250. The molecule has 0 unspecified atom stereocenters. The highest BCUT2D eigenvalue weighted by atomic mass is 19.3. The maximum Gasteiger partial charge on any atom is 0.326 e. The molecule has 0 aliphatic rings. The Balaban J connectivity index is 2.13. The molecule has 0 fully saturated rings. The molecule has 0 spiro atoms. The molecule has 0 radical (unpaired) electrons. The molecule has 1 aromatic carbocycles. The van der Waals surface area contributed by atoms with Gasteiger partial charge in [-0.3, -0.25) is 5.32 Å². The largest absolute Gasteiger partial charge is 0.467 e. The number of methoxy groups -OCH3 is 1. The Bertz CT molecular complexity index is 790. The van der Waals surface area contributed by atoms with Gasteiger partial charge in [0.2, 0.25) is 5.95 Å². The average molecular weight is 349 g/mol. The first-order valence-electron chi connectivity index (χ1n) is 7.27. The average Bonchev–Trinajstić information content (AvgIpc) is 2.52. The number of anilines is 2. The Morgan fingerprint density at radius 2 is 1.92 bits per heavy atom. The number of halogens is 2. The number of allylic oxidation sites excluding steroid dienone is 1. The quantitative estimate of drug-likeness (QED) is 0.862. The number of urea groups is 1. The van der Waals surface area contributed by atoms with Gasteiger partial charge in [0.1, 0.15) is 5.82 Å². The van der Waals surface area contributed by atoms with Crippen molar-refractivity contribution >= 4 is 23.7 Å². The van der Waals surface area contributed by atoms with E-state index in [9.17, 15) is 13.6 Å². The second-order valence-electron chi connectivity index (χ2n) is 5.15. The highest BCUT2D eigenvalue weighted by Gasteiger charge is 2.16. The van der Waals surface area contributed by atoms with E-state index in [2.05, 4.69) is 25.6 Å². The number of para-hydroxylation sites is 1. The van der Waals surface area contributed by atoms with Gasteiger partial charge in [-0.1, -0.05) is 24.3 Å². The first kappa shape index (κ1) is 18.2. The first-order chi connectivity index (χ1) is 11.8. The van der Waals surface area contributed by atoms with Gasteiger partial charge in [0.25, 0.3) is 5.92 Å². The van der Waals surface area contributed by atoms with Gasteiger partial charge < -0.3 is 10.1 Å². The van der Waals surface area contributed by atoms with Crippen molar-refractivity contribution in [1.82, 2.24) is 15.0 Å². The summed E-state index contributed by atoms with van der Waals surface area (Å²) in [6.45, 7) is 2.40. The number of rotatable bonds is 5.